The predicted octanol–water partition coefficient (Wildman–Crippen LogP) is 1.76. The second-order valence-electron chi connectivity index (χ2n) is 4.70. The Hall–Kier alpha value is -1.82. The van der Waals surface area contributed by atoms with Crippen molar-refractivity contribution in [1.82, 2.24) is 15.5 Å². The van der Waals surface area contributed by atoms with Crippen LogP contribution in [-0.4, -0.2) is 45.2 Å². The van der Waals surface area contributed by atoms with Gasteiger partial charge in [-0.15, -0.1) is 0 Å². The first kappa shape index (κ1) is 16.2. The van der Waals surface area contributed by atoms with Crippen LogP contribution in [0.5, 0.6) is 5.75 Å². The molecular formula is C14H22FN3O2. The maximum atomic E-state index is 13.3. The lowest BCUT2D eigenvalue weighted by Crippen LogP contribution is -2.38. The van der Waals surface area contributed by atoms with E-state index in [1.807, 2.05) is 6.92 Å². The first-order valence-corrected chi connectivity index (χ1v) is 6.47. The van der Waals surface area contributed by atoms with Crippen LogP contribution in [0, 0.1) is 5.82 Å². The molecule has 0 fully saturated rings. The molecule has 0 saturated carbocycles. The fourth-order valence-electron chi connectivity index (χ4n) is 1.68. The number of halogens is 1. The number of ether oxygens (including phenoxy) is 1. The summed E-state index contributed by atoms with van der Waals surface area (Å²) in [6, 6.07) is 4.70. The summed E-state index contributed by atoms with van der Waals surface area (Å²) in [6.07, 6.45) is 0. The molecule has 1 aromatic carbocycles. The lowest BCUT2D eigenvalue weighted by atomic mass is 10.1. The van der Waals surface area contributed by atoms with Crippen molar-refractivity contribution in [2.24, 2.45) is 0 Å². The topological polar surface area (TPSA) is 53.6 Å². The van der Waals surface area contributed by atoms with Crippen LogP contribution in [0.4, 0.5) is 9.18 Å². The summed E-state index contributed by atoms with van der Waals surface area (Å²) in [5, 5.41) is 6.01. The van der Waals surface area contributed by atoms with Gasteiger partial charge in [0, 0.05) is 33.2 Å². The van der Waals surface area contributed by atoms with Crippen LogP contribution in [0.2, 0.25) is 0 Å². The molecule has 2 N–H and O–H groups in total. The molecule has 20 heavy (non-hydrogen) atoms. The number of carbonyl (C=O) groups is 1. The highest BCUT2D eigenvalue weighted by atomic mass is 19.1. The van der Waals surface area contributed by atoms with Gasteiger partial charge in [0.25, 0.3) is 0 Å². The van der Waals surface area contributed by atoms with Crippen molar-refractivity contribution in [3.8, 4) is 5.75 Å². The Morgan fingerprint density at radius 2 is 2.10 bits per heavy atom. The third-order valence-electron chi connectivity index (χ3n) is 2.93. The van der Waals surface area contributed by atoms with E-state index in [2.05, 4.69) is 10.6 Å². The van der Waals surface area contributed by atoms with Crippen molar-refractivity contribution >= 4 is 6.03 Å². The van der Waals surface area contributed by atoms with E-state index >= 15 is 0 Å². The largest absolute Gasteiger partial charge is 0.494 e. The SMILES string of the molecule is COc1cc(C(C)NCCNC(=O)N(C)C)ccc1F. The molecule has 0 heterocycles. The van der Waals surface area contributed by atoms with Crippen molar-refractivity contribution in [2.45, 2.75) is 13.0 Å². The molecule has 1 unspecified atom stereocenters. The van der Waals surface area contributed by atoms with Crippen LogP contribution in [0.25, 0.3) is 0 Å². The van der Waals surface area contributed by atoms with E-state index in [1.54, 1.807) is 26.2 Å². The number of nitrogens with one attached hydrogen (secondary N) is 2. The summed E-state index contributed by atoms with van der Waals surface area (Å²) in [5.41, 5.74) is 0.933. The number of carbonyl (C=O) groups excluding carboxylic acids is 1. The Balaban J connectivity index is 2.43. The maximum Gasteiger partial charge on any atom is 0.316 e. The summed E-state index contributed by atoms with van der Waals surface area (Å²) >= 11 is 0. The van der Waals surface area contributed by atoms with Gasteiger partial charge >= 0.3 is 6.03 Å². The third-order valence-corrected chi connectivity index (χ3v) is 2.93. The Labute approximate surface area is 119 Å². The molecule has 112 valence electrons. The predicted molar refractivity (Wildman–Crippen MR) is 76.5 cm³/mol. The average Bonchev–Trinajstić information content (AvgIpc) is 2.43. The monoisotopic (exact) mass is 283 g/mol. The summed E-state index contributed by atoms with van der Waals surface area (Å²) in [5.74, 6) is -0.140. The summed E-state index contributed by atoms with van der Waals surface area (Å²) < 4.78 is 18.3. The minimum Gasteiger partial charge on any atom is -0.494 e. The smallest absolute Gasteiger partial charge is 0.316 e. The second kappa shape index (κ2) is 7.69. The minimum atomic E-state index is -0.373. The first-order chi connectivity index (χ1) is 9.45. The molecule has 5 nitrogen and oxygen atoms in total. The first-order valence-electron chi connectivity index (χ1n) is 6.47. The highest BCUT2D eigenvalue weighted by Crippen LogP contribution is 2.22. The number of methoxy groups -OCH3 is 1. The third kappa shape index (κ3) is 4.70. The van der Waals surface area contributed by atoms with E-state index in [1.165, 1.54) is 18.1 Å². The molecule has 0 aliphatic rings. The Kier molecular flexibility index (Phi) is 6.24. The average molecular weight is 283 g/mol. The van der Waals surface area contributed by atoms with Gasteiger partial charge in [0.15, 0.2) is 11.6 Å². The molecule has 0 bridgehead atoms. The van der Waals surface area contributed by atoms with Gasteiger partial charge in [-0.3, -0.25) is 0 Å². The molecule has 2 amide bonds. The molecule has 0 spiro atoms. The highest BCUT2D eigenvalue weighted by Gasteiger charge is 2.09. The van der Waals surface area contributed by atoms with E-state index < -0.39 is 0 Å². The van der Waals surface area contributed by atoms with Gasteiger partial charge < -0.3 is 20.3 Å². The Morgan fingerprint density at radius 3 is 2.70 bits per heavy atom. The Morgan fingerprint density at radius 1 is 1.40 bits per heavy atom. The van der Waals surface area contributed by atoms with Gasteiger partial charge in [-0.1, -0.05) is 6.07 Å². The van der Waals surface area contributed by atoms with Gasteiger partial charge in [0.2, 0.25) is 0 Å². The van der Waals surface area contributed by atoms with Gasteiger partial charge in [-0.25, -0.2) is 9.18 Å². The van der Waals surface area contributed by atoms with Crippen molar-refractivity contribution in [3.63, 3.8) is 0 Å². The molecule has 1 aromatic rings. The van der Waals surface area contributed by atoms with Crippen molar-refractivity contribution < 1.29 is 13.9 Å². The molecule has 0 aromatic heterocycles. The zero-order chi connectivity index (χ0) is 15.1. The molecular weight excluding hydrogens is 261 g/mol. The van der Waals surface area contributed by atoms with Crippen LogP contribution in [0.15, 0.2) is 18.2 Å². The molecule has 1 atom stereocenters. The second-order valence-corrected chi connectivity index (χ2v) is 4.70. The van der Waals surface area contributed by atoms with E-state index in [4.69, 9.17) is 4.74 Å². The van der Waals surface area contributed by atoms with Gasteiger partial charge in [-0.05, 0) is 24.6 Å². The molecule has 6 heteroatoms. The summed E-state index contributed by atoms with van der Waals surface area (Å²) in [6.45, 7) is 3.13. The van der Waals surface area contributed by atoms with Crippen LogP contribution >= 0.6 is 0 Å². The van der Waals surface area contributed by atoms with Gasteiger partial charge in [0.1, 0.15) is 0 Å². The summed E-state index contributed by atoms with van der Waals surface area (Å²) in [7, 11) is 4.82. The zero-order valence-corrected chi connectivity index (χ0v) is 12.4. The number of nitrogens with zero attached hydrogens (tertiary/aromatic N) is 1. The normalized spacial score (nSPS) is 11.8. The zero-order valence-electron chi connectivity index (χ0n) is 12.4. The fourth-order valence-corrected chi connectivity index (χ4v) is 1.68. The number of rotatable bonds is 6. The van der Waals surface area contributed by atoms with E-state index in [0.717, 1.165) is 5.56 Å². The minimum absolute atomic E-state index is 0.0424. The van der Waals surface area contributed by atoms with Crippen molar-refractivity contribution in [1.29, 1.82) is 0 Å². The molecule has 1 rings (SSSR count). The molecule has 0 aliphatic carbocycles. The number of hydrogen-bond donors (Lipinski definition) is 2. The van der Waals surface area contributed by atoms with Crippen LogP contribution in [0.3, 0.4) is 0 Å². The quantitative estimate of drug-likeness (QED) is 0.782. The Bertz CT molecular complexity index is 452. The molecule has 0 aliphatic heterocycles. The van der Waals surface area contributed by atoms with E-state index in [9.17, 15) is 9.18 Å². The highest BCUT2D eigenvalue weighted by molar-refractivity contribution is 5.73. The molecule has 0 radical (unpaired) electrons. The fraction of sp³-hybridized carbons (Fsp3) is 0.500. The number of benzene rings is 1. The summed E-state index contributed by atoms with van der Waals surface area (Å²) in [4.78, 5) is 12.8. The molecule has 0 saturated heterocycles. The van der Waals surface area contributed by atoms with E-state index in [0.29, 0.717) is 13.1 Å². The van der Waals surface area contributed by atoms with Crippen LogP contribution in [0.1, 0.15) is 18.5 Å². The lowest BCUT2D eigenvalue weighted by Gasteiger charge is -2.16. The maximum absolute atomic E-state index is 13.3. The van der Waals surface area contributed by atoms with Gasteiger partial charge in [0.05, 0.1) is 7.11 Å². The van der Waals surface area contributed by atoms with Crippen molar-refractivity contribution in [2.75, 3.05) is 34.3 Å². The lowest BCUT2D eigenvalue weighted by molar-refractivity contribution is 0.217. The van der Waals surface area contributed by atoms with Gasteiger partial charge in [-0.2, -0.15) is 0 Å². The van der Waals surface area contributed by atoms with Crippen molar-refractivity contribution in [3.05, 3.63) is 29.6 Å². The number of hydrogen-bond acceptors (Lipinski definition) is 3. The van der Waals surface area contributed by atoms with E-state index in [-0.39, 0.29) is 23.6 Å². The standard InChI is InChI=1S/C14H22FN3O2/c1-10(16-7-8-17-14(19)18(2)3)11-5-6-12(15)13(9-11)20-4/h5-6,9-10,16H,7-8H2,1-4H3,(H,17,19). The number of urea groups is 1. The van der Waals surface area contributed by atoms with Crippen LogP contribution < -0.4 is 15.4 Å². The number of amides is 2. The van der Waals surface area contributed by atoms with Crippen LogP contribution in [-0.2, 0) is 0 Å².